The molecule has 0 spiro atoms. The van der Waals surface area contributed by atoms with Gasteiger partial charge in [0.2, 0.25) is 5.91 Å². The number of rotatable bonds is 6. The Bertz CT molecular complexity index is 935. The number of hydrogen-bond acceptors (Lipinski definition) is 5. The zero-order valence-electron chi connectivity index (χ0n) is 15.2. The summed E-state index contributed by atoms with van der Waals surface area (Å²) in [6.45, 7) is 2.24. The SMILES string of the molecule is O=C(CSc1nc(-c2ccc(Cl)cc2)cs1)Nc1ccc(N2CCCC2)cc1. The van der Waals surface area contributed by atoms with E-state index in [2.05, 4.69) is 27.3 Å². The molecule has 4 nitrogen and oxygen atoms in total. The molecule has 2 aromatic carbocycles. The second kappa shape index (κ2) is 8.99. The predicted octanol–water partition coefficient (Wildman–Crippen LogP) is 5.79. The number of anilines is 2. The normalized spacial score (nSPS) is 13.7. The lowest BCUT2D eigenvalue weighted by molar-refractivity contribution is -0.113. The Morgan fingerprint density at radius 1 is 1.11 bits per heavy atom. The summed E-state index contributed by atoms with van der Waals surface area (Å²) in [5.41, 5.74) is 3.98. The van der Waals surface area contributed by atoms with Crippen LogP contribution in [0.2, 0.25) is 5.02 Å². The molecule has 1 fully saturated rings. The fourth-order valence-electron chi connectivity index (χ4n) is 3.13. The Labute approximate surface area is 177 Å². The van der Waals surface area contributed by atoms with Gasteiger partial charge in [-0.1, -0.05) is 35.5 Å². The van der Waals surface area contributed by atoms with E-state index in [1.54, 1.807) is 11.3 Å². The largest absolute Gasteiger partial charge is 0.372 e. The lowest BCUT2D eigenvalue weighted by Crippen LogP contribution is -2.18. The first-order valence-electron chi connectivity index (χ1n) is 9.16. The van der Waals surface area contributed by atoms with Crippen molar-refractivity contribution in [2.45, 2.75) is 17.2 Å². The van der Waals surface area contributed by atoms with Gasteiger partial charge in [0, 0.05) is 40.4 Å². The summed E-state index contributed by atoms with van der Waals surface area (Å²) in [4.78, 5) is 19.2. The molecule has 28 heavy (non-hydrogen) atoms. The van der Waals surface area contributed by atoms with Crippen molar-refractivity contribution in [1.82, 2.24) is 4.98 Å². The fourth-order valence-corrected chi connectivity index (χ4v) is 4.89. The molecule has 1 aromatic heterocycles. The van der Waals surface area contributed by atoms with Crippen molar-refractivity contribution in [2.75, 3.05) is 29.1 Å². The van der Waals surface area contributed by atoms with Gasteiger partial charge in [-0.3, -0.25) is 4.79 Å². The maximum atomic E-state index is 12.3. The van der Waals surface area contributed by atoms with Crippen LogP contribution in [0.4, 0.5) is 11.4 Å². The maximum absolute atomic E-state index is 12.3. The van der Waals surface area contributed by atoms with E-state index >= 15 is 0 Å². The number of hydrogen-bond donors (Lipinski definition) is 1. The average Bonchev–Trinajstić information content (AvgIpc) is 3.40. The number of nitrogens with one attached hydrogen (secondary N) is 1. The summed E-state index contributed by atoms with van der Waals surface area (Å²) >= 11 is 8.93. The second-order valence-electron chi connectivity index (χ2n) is 6.58. The van der Waals surface area contributed by atoms with Crippen molar-refractivity contribution in [3.8, 4) is 11.3 Å². The van der Waals surface area contributed by atoms with Crippen LogP contribution >= 0.6 is 34.7 Å². The highest BCUT2D eigenvalue weighted by Crippen LogP contribution is 2.29. The van der Waals surface area contributed by atoms with E-state index in [1.165, 1.54) is 30.3 Å². The Morgan fingerprint density at radius 2 is 1.82 bits per heavy atom. The van der Waals surface area contributed by atoms with E-state index in [0.717, 1.165) is 34.4 Å². The van der Waals surface area contributed by atoms with Gasteiger partial charge in [-0.2, -0.15) is 0 Å². The van der Waals surface area contributed by atoms with Crippen molar-refractivity contribution in [3.63, 3.8) is 0 Å². The first-order valence-corrected chi connectivity index (χ1v) is 11.4. The number of amides is 1. The van der Waals surface area contributed by atoms with Crippen molar-refractivity contribution in [1.29, 1.82) is 0 Å². The summed E-state index contributed by atoms with van der Waals surface area (Å²) in [5, 5.41) is 5.67. The van der Waals surface area contributed by atoms with Crippen molar-refractivity contribution < 1.29 is 4.79 Å². The molecule has 3 aromatic rings. The van der Waals surface area contributed by atoms with Gasteiger partial charge < -0.3 is 10.2 Å². The Kier molecular flexibility index (Phi) is 6.20. The molecule has 1 aliphatic heterocycles. The van der Waals surface area contributed by atoms with Gasteiger partial charge in [-0.25, -0.2) is 4.98 Å². The molecule has 144 valence electrons. The number of thiazole rings is 1. The number of benzene rings is 2. The molecule has 1 aliphatic rings. The van der Waals surface area contributed by atoms with Gasteiger partial charge in [0.1, 0.15) is 0 Å². The highest BCUT2D eigenvalue weighted by molar-refractivity contribution is 8.01. The summed E-state index contributed by atoms with van der Waals surface area (Å²) in [7, 11) is 0. The minimum absolute atomic E-state index is 0.0258. The van der Waals surface area contributed by atoms with Gasteiger partial charge in [0.25, 0.3) is 0 Å². The Morgan fingerprint density at radius 3 is 2.54 bits per heavy atom. The number of carbonyl (C=O) groups is 1. The van der Waals surface area contributed by atoms with E-state index in [9.17, 15) is 4.79 Å². The van der Waals surface area contributed by atoms with Crippen molar-refractivity contribution in [3.05, 3.63) is 58.9 Å². The number of carbonyl (C=O) groups excluding carboxylic acids is 1. The third kappa shape index (κ3) is 4.87. The lowest BCUT2D eigenvalue weighted by atomic mass is 10.2. The molecule has 4 rings (SSSR count). The highest BCUT2D eigenvalue weighted by Gasteiger charge is 2.12. The average molecular weight is 430 g/mol. The van der Waals surface area contributed by atoms with Gasteiger partial charge in [0.05, 0.1) is 11.4 Å². The third-order valence-electron chi connectivity index (χ3n) is 4.57. The minimum atomic E-state index is -0.0258. The summed E-state index contributed by atoms with van der Waals surface area (Å²) < 4.78 is 0.879. The first-order chi connectivity index (χ1) is 13.7. The maximum Gasteiger partial charge on any atom is 0.234 e. The number of halogens is 1. The van der Waals surface area contributed by atoms with Crippen LogP contribution in [-0.2, 0) is 4.79 Å². The fraction of sp³-hybridized carbons (Fsp3) is 0.238. The van der Waals surface area contributed by atoms with Crippen LogP contribution in [0.1, 0.15) is 12.8 Å². The van der Waals surface area contributed by atoms with E-state index in [0.29, 0.717) is 10.8 Å². The quantitative estimate of drug-likeness (QED) is 0.503. The van der Waals surface area contributed by atoms with E-state index in [1.807, 2.05) is 41.8 Å². The molecule has 1 N–H and O–H groups in total. The zero-order valence-corrected chi connectivity index (χ0v) is 17.6. The molecule has 0 atom stereocenters. The molecular formula is C21H20ClN3OS2. The standard InChI is InChI=1S/C21H20ClN3OS2/c22-16-5-3-15(4-6-16)19-13-27-21(24-19)28-14-20(26)23-17-7-9-18(10-8-17)25-11-1-2-12-25/h3-10,13H,1-2,11-12,14H2,(H,23,26). The minimum Gasteiger partial charge on any atom is -0.372 e. The van der Waals surface area contributed by atoms with Crippen LogP contribution in [0, 0.1) is 0 Å². The van der Waals surface area contributed by atoms with Crippen LogP contribution in [0.3, 0.4) is 0 Å². The molecule has 0 radical (unpaired) electrons. The molecule has 7 heteroatoms. The van der Waals surface area contributed by atoms with E-state index in [-0.39, 0.29) is 5.91 Å². The molecule has 0 bridgehead atoms. The molecule has 0 saturated carbocycles. The smallest absolute Gasteiger partial charge is 0.234 e. The summed E-state index contributed by atoms with van der Waals surface area (Å²) in [6, 6.07) is 15.7. The topological polar surface area (TPSA) is 45.2 Å². The van der Waals surface area contributed by atoms with Gasteiger partial charge in [-0.05, 0) is 49.2 Å². The first kappa shape index (κ1) is 19.3. The van der Waals surface area contributed by atoms with Crippen LogP contribution in [0.25, 0.3) is 11.3 Å². The van der Waals surface area contributed by atoms with Crippen LogP contribution in [-0.4, -0.2) is 29.7 Å². The molecule has 1 saturated heterocycles. The van der Waals surface area contributed by atoms with Crippen LogP contribution < -0.4 is 10.2 Å². The number of aromatic nitrogens is 1. The van der Waals surface area contributed by atoms with Gasteiger partial charge >= 0.3 is 0 Å². The summed E-state index contributed by atoms with van der Waals surface area (Å²) in [6.07, 6.45) is 2.51. The Balaban J connectivity index is 1.29. The molecular weight excluding hydrogens is 410 g/mol. The van der Waals surface area contributed by atoms with Gasteiger partial charge in [0.15, 0.2) is 4.34 Å². The number of thioether (sulfide) groups is 1. The second-order valence-corrected chi connectivity index (χ2v) is 9.10. The van der Waals surface area contributed by atoms with Crippen molar-refractivity contribution in [2.24, 2.45) is 0 Å². The Hall–Kier alpha value is -2.02. The third-order valence-corrected chi connectivity index (χ3v) is 6.85. The predicted molar refractivity (Wildman–Crippen MR) is 120 cm³/mol. The van der Waals surface area contributed by atoms with Crippen molar-refractivity contribution >= 4 is 52.0 Å². The zero-order chi connectivity index (χ0) is 19.3. The van der Waals surface area contributed by atoms with E-state index in [4.69, 9.17) is 11.6 Å². The monoisotopic (exact) mass is 429 g/mol. The molecule has 0 aliphatic carbocycles. The highest BCUT2D eigenvalue weighted by atomic mass is 35.5. The van der Waals surface area contributed by atoms with E-state index < -0.39 is 0 Å². The van der Waals surface area contributed by atoms with Crippen LogP contribution in [0.5, 0.6) is 0 Å². The lowest BCUT2D eigenvalue weighted by Gasteiger charge is -2.17. The van der Waals surface area contributed by atoms with Crippen LogP contribution in [0.15, 0.2) is 58.3 Å². The molecule has 1 amide bonds. The molecule has 0 unspecified atom stereocenters. The van der Waals surface area contributed by atoms with Gasteiger partial charge in [-0.15, -0.1) is 11.3 Å². The summed E-state index contributed by atoms with van der Waals surface area (Å²) in [5.74, 6) is 0.309. The molecule has 2 heterocycles. The number of nitrogens with zero attached hydrogens (tertiary/aromatic N) is 2.